The number of benzene rings is 1. The minimum Gasteiger partial charge on any atom is -0.493 e. The molecule has 3 nitrogen and oxygen atoms in total. The highest BCUT2D eigenvalue weighted by Crippen LogP contribution is 2.28. The predicted octanol–water partition coefficient (Wildman–Crippen LogP) is 3.94. The number of hydrogen-bond acceptors (Lipinski definition) is 3. The van der Waals surface area contributed by atoms with E-state index in [0.717, 1.165) is 41.7 Å². The van der Waals surface area contributed by atoms with Gasteiger partial charge < -0.3 is 10.1 Å². The third-order valence-electron chi connectivity index (χ3n) is 2.81. The summed E-state index contributed by atoms with van der Waals surface area (Å²) in [5.41, 5.74) is 2.32. The van der Waals surface area contributed by atoms with Gasteiger partial charge in [0, 0.05) is 23.0 Å². The fraction of sp³-hybridized carbons (Fsp3) is 0.533. The Kier molecular flexibility index (Phi) is 7.54. The van der Waals surface area contributed by atoms with Gasteiger partial charge in [0.25, 0.3) is 0 Å². The van der Waals surface area contributed by atoms with E-state index in [1.807, 2.05) is 0 Å². The van der Waals surface area contributed by atoms with Crippen LogP contribution in [0.3, 0.4) is 0 Å². The topological polar surface area (TPSA) is 45.0 Å². The smallest absolute Gasteiger partial charge is 0.126 e. The molecule has 0 atom stereocenters. The summed E-state index contributed by atoms with van der Waals surface area (Å²) in [6.07, 6.45) is 2.42. The fourth-order valence-corrected chi connectivity index (χ4v) is 2.50. The van der Waals surface area contributed by atoms with Crippen molar-refractivity contribution in [2.45, 2.75) is 39.7 Å². The zero-order valence-corrected chi connectivity index (χ0v) is 13.2. The van der Waals surface area contributed by atoms with Gasteiger partial charge in [0.05, 0.1) is 12.7 Å². The minimum absolute atomic E-state index is 0.604. The predicted molar refractivity (Wildman–Crippen MR) is 81.2 cm³/mol. The number of rotatable bonds is 8. The van der Waals surface area contributed by atoms with Crippen molar-refractivity contribution >= 4 is 15.9 Å². The van der Waals surface area contributed by atoms with E-state index in [9.17, 15) is 0 Å². The maximum Gasteiger partial charge on any atom is 0.126 e. The molecule has 19 heavy (non-hydrogen) atoms. The van der Waals surface area contributed by atoms with Gasteiger partial charge >= 0.3 is 0 Å². The Hall–Kier alpha value is -1.05. The van der Waals surface area contributed by atoms with Gasteiger partial charge in [-0.2, -0.15) is 5.26 Å². The Balaban J connectivity index is 2.66. The lowest BCUT2D eigenvalue weighted by Gasteiger charge is -2.15. The number of halogens is 1. The number of nitriles is 1. The summed E-state index contributed by atoms with van der Waals surface area (Å²) in [6, 6.07) is 6.32. The van der Waals surface area contributed by atoms with E-state index in [0.29, 0.717) is 13.0 Å². The first-order valence-corrected chi connectivity index (χ1v) is 7.47. The molecular formula is C15H21BrN2O. The highest BCUT2D eigenvalue weighted by atomic mass is 79.9. The number of ether oxygens (including phenoxy) is 1. The van der Waals surface area contributed by atoms with E-state index in [-0.39, 0.29) is 0 Å². The molecule has 0 spiro atoms. The number of hydrogen-bond donors (Lipinski definition) is 1. The highest BCUT2D eigenvalue weighted by Gasteiger charge is 2.08. The molecule has 0 heterocycles. The summed E-state index contributed by atoms with van der Waals surface area (Å²) in [6.45, 7) is 6.57. The molecule has 0 saturated carbocycles. The summed E-state index contributed by atoms with van der Waals surface area (Å²) < 4.78 is 6.97. The number of unbranched alkanes of at least 4 members (excludes halogenated alkanes) is 2. The second kappa shape index (κ2) is 8.95. The lowest BCUT2D eigenvalue weighted by Crippen LogP contribution is -2.13. The molecule has 1 N–H and O–H groups in total. The molecule has 0 bridgehead atoms. The molecule has 0 aromatic heterocycles. The van der Waals surface area contributed by atoms with Crippen molar-refractivity contribution in [2.24, 2.45) is 0 Å². The average Bonchev–Trinajstić information content (AvgIpc) is 2.38. The van der Waals surface area contributed by atoms with E-state index in [1.54, 1.807) is 0 Å². The first kappa shape index (κ1) is 16.0. The molecule has 0 aliphatic carbocycles. The van der Waals surface area contributed by atoms with Crippen molar-refractivity contribution in [3.63, 3.8) is 0 Å². The van der Waals surface area contributed by atoms with Gasteiger partial charge in [-0.1, -0.05) is 22.9 Å². The second-order valence-electron chi connectivity index (χ2n) is 4.45. The van der Waals surface area contributed by atoms with E-state index in [4.69, 9.17) is 10.00 Å². The van der Waals surface area contributed by atoms with Crippen LogP contribution in [0.5, 0.6) is 5.75 Å². The summed E-state index contributed by atoms with van der Waals surface area (Å²) in [7, 11) is 0. The summed E-state index contributed by atoms with van der Waals surface area (Å²) in [5, 5.41) is 11.8. The molecule has 0 radical (unpaired) electrons. The Labute approximate surface area is 124 Å². The molecule has 0 unspecified atom stereocenters. The molecule has 0 saturated heterocycles. The quantitative estimate of drug-likeness (QED) is 0.736. The van der Waals surface area contributed by atoms with Crippen LogP contribution in [0.4, 0.5) is 0 Å². The van der Waals surface area contributed by atoms with Crippen LogP contribution >= 0.6 is 15.9 Å². The zero-order chi connectivity index (χ0) is 14.1. The maximum atomic E-state index is 8.49. The molecule has 104 valence electrons. The van der Waals surface area contributed by atoms with Crippen LogP contribution in [-0.4, -0.2) is 13.2 Å². The third-order valence-corrected chi connectivity index (χ3v) is 3.27. The van der Waals surface area contributed by atoms with Crippen molar-refractivity contribution in [3.8, 4) is 11.8 Å². The van der Waals surface area contributed by atoms with Gasteiger partial charge in [-0.05, 0) is 44.0 Å². The van der Waals surface area contributed by atoms with Crippen molar-refractivity contribution in [1.29, 1.82) is 5.26 Å². The van der Waals surface area contributed by atoms with Crippen LogP contribution in [0, 0.1) is 18.3 Å². The molecule has 0 fully saturated rings. The monoisotopic (exact) mass is 324 g/mol. The van der Waals surface area contributed by atoms with E-state index >= 15 is 0 Å². The van der Waals surface area contributed by atoms with Crippen LogP contribution in [0.1, 0.15) is 37.3 Å². The highest BCUT2D eigenvalue weighted by molar-refractivity contribution is 9.10. The SMILES string of the molecule is CCNCc1cc(Br)cc(C)c1OCCCCC#N. The minimum atomic E-state index is 0.604. The zero-order valence-electron chi connectivity index (χ0n) is 11.6. The molecular weight excluding hydrogens is 304 g/mol. The molecule has 1 aromatic carbocycles. The maximum absolute atomic E-state index is 8.49. The second-order valence-corrected chi connectivity index (χ2v) is 5.37. The first-order valence-electron chi connectivity index (χ1n) is 6.68. The normalized spacial score (nSPS) is 10.2. The van der Waals surface area contributed by atoms with Gasteiger partial charge in [0.2, 0.25) is 0 Å². The van der Waals surface area contributed by atoms with E-state index < -0.39 is 0 Å². The largest absolute Gasteiger partial charge is 0.493 e. The lowest BCUT2D eigenvalue weighted by atomic mass is 10.1. The van der Waals surface area contributed by atoms with Gasteiger partial charge in [0.15, 0.2) is 0 Å². The van der Waals surface area contributed by atoms with Crippen LogP contribution in [-0.2, 0) is 6.54 Å². The Morgan fingerprint density at radius 2 is 2.16 bits per heavy atom. The Bertz CT molecular complexity index is 441. The molecule has 0 aliphatic heterocycles. The molecule has 0 amide bonds. The number of nitrogens with zero attached hydrogens (tertiary/aromatic N) is 1. The summed E-state index contributed by atoms with van der Waals surface area (Å²) >= 11 is 3.52. The average molecular weight is 325 g/mol. The first-order chi connectivity index (χ1) is 9.19. The third kappa shape index (κ3) is 5.63. The molecule has 1 aromatic rings. The van der Waals surface area contributed by atoms with Gasteiger partial charge in [0.1, 0.15) is 5.75 Å². The summed E-state index contributed by atoms with van der Waals surface area (Å²) in [5.74, 6) is 0.973. The standard InChI is InChI=1S/C15H21BrN2O/c1-3-18-11-13-10-14(16)9-12(2)15(13)19-8-6-4-5-7-17/h9-10,18H,3-6,8,11H2,1-2H3. The van der Waals surface area contributed by atoms with Crippen LogP contribution in [0.15, 0.2) is 16.6 Å². The van der Waals surface area contributed by atoms with Crippen LogP contribution in [0.2, 0.25) is 0 Å². The fourth-order valence-electron chi connectivity index (χ4n) is 1.88. The van der Waals surface area contributed by atoms with E-state index in [2.05, 4.69) is 53.3 Å². The van der Waals surface area contributed by atoms with Crippen molar-refractivity contribution < 1.29 is 4.74 Å². The van der Waals surface area contributed by atoms with Crippen molar-refractivity contribution in [1.82, 2.24) is 5.32 Å². The van der Waals surface area contributed by atoms with Gasteiger partial charge in [-0.15, -0.1) is 0 Å². The van der Waals surface area contributed by atoms with Gasteiger partial charge in [-0.3, -0.25) is 0 Å². The lowest BCUT2D eigenvalue weighted by molar-refractivity contribution is 0.302. The van der Waals surface area contributed by atoms with Crippen LogP contribution in [0.25, 0.3) is 0 Å². The van der Waals surface area contributed by atoms with E-state index in [1.165, 1.54) is 5.56 Å². The molecule has 4 heteroatoms. The summed E-state index contributed by atoms with van der Waals surface area (Å²) in [4.78, 5) is 0. The Morgan fingerprint density at radius 3 is 2.84 bits per heavy atom. The number of aryl methyl sites for hydroxylation is 1. The van der Waals surface area contributed by atoms with Crippen molar-refractivity contribution in [3.05, 3.63) is 27.7 Å². The van der Waals surface area contributed by atoms with Gasteiger partial charge in [-0.25, -0.2) is 0 Å². The molecule has 1 rings (SSSR count). The number of nitrogens with one attached hydrogen (secondary N) is 1. The van der Waals surface area contributed by atoms with Crippen LogP contribution < -0.4 is 10.1 Å². The molecule has 0 aliphatic rings. The Morgan fingerprint density at radius 1 is 1.37 bits per heavy atom. The van der Waals surface area contributed by atoms with Crippen molar-refractivity contribution in [2.75, 3.05) is 13.2 Å².